The Labute approximate surface area is 129 Å². The predicted octanol–water partition coefficient (Wildman–Crippen LogP) is 3.79. The van der Waals surface area contributed by atoms with Crippen LogP contribution in [0.15, 0.2) is 35.7 Å². The average molecular weight is 304 g/mol. The molecule has 0 bridgehead atoms. The van der Waals surface area contributed by atoms with Crippen LogP contribution in [-0.2, 0) is 0 Å². The van der Waals surface area contributed by atoms with Crippen LogP contribution in [0.5, 0.6) is 0 Å². The maximum absolute atomic E-state index is 6.17. The minimum atomic E-state index is 0.623. The summed E-state index contributed by atoms with van der Waals surface area (Å²) in [5.74, 6) is 0.670. The number of benzene rings is 1. The number of hydrogen-bond donors (Lipinski definition) is 1. The van der Waals surface area contributed by atoms with E-state index in [2.05, 4.69) is 27.2 Å². The van der Waals surface area contributed by atoms with Gasteiger partial charge in [-0.2, -0.15) is 0 Å². The Balaban J connectivity index is 2.30. The van der Waals surface area contributed by atoms with Crippen LogP contribution in [0.3, 0.4) is 0 Å². The molecule has 2 rings (SSSR count). The van der Waals surface area contributed by atoms with Crippen LogP contribution in [0.1, 0.15) is 12.5 Å². The van der Waals surface area contributed by atoms with Crippen molar-refractivity contribution >= 4 is 35.1 Å². The van der Waals surface area contributed by atoms with Gasteiger partial charge in [0, 0.05) is 36.7 Å². The molecule has 2 aromatic rings. The summed E-state index contributed by atoms with van der Waals surface area (Å²) in [5, 5.41) is 3.83. The molecular weight excluding hydrogens is 286 g/mol. The molecule has 0 aliphatic carbocycles. The van der Waals surface area contributed by atoms with Gasteiger partial charge in [0.15, 0.2) is 0 Å². The molecule has 0 aliphatic rings. The van der Waals surface area contributed by atoms with Crippen molar-refractivity contribution in [3.8, 4) is 0 Å². The van der Waals surface area contributed by atoms with Crippen molar-refractivity contribution in [1.82, 2.24) is 14.9 Å². The van der Waals surface area contributed by atoms with E-state index >= 15 is 0 Å². The zero-order valence-electron chi connectivity index (χ0n) is 12.3. The second-order valence-corrected chi connectivity index (χ2v) is 5.07. The van der Waals surface area contributed by atoms with Crippen LogP contribution >= 0.6 is 11.6 Å². The normalized spacial score (nSPS) is 10.9. The fourth-order valence-corrected chi connectivity index (χ4v) is 1.89. The Kier molecular flexibility index (Phi) is 5.11. The summed E-state index contributed by atoms with van der Waals surface area (Å²) in [6.07, 6.45) is 6.72. The van der Waals surface area contributed by atoms with E-state index in [0.29, 0.717) is 10.8 Å². The summed E-state index contributed by atoms with van der Waals surface area (Å²) in [7, 11) is 1.97. The molecule has 0 saturated heterocycles. The number of nitrogens with zero attached hydrogens (tertiary/aromatic N) is 4. The van der Waals surface area contributed by atoms with Crippen molar-refractivity contribution in [3.63, 3.8) is 0 Å². The largest absolute Gasteiger partial charge is 0.366 e. The van der Waals surface area contributed by atoms with Crippen molar-refractivity contribution in [2.45, 2.75) is 13.8 Å². The fraction of sp³-hybridized carbons (Fsp3) is 0.267. The van der Waals surface area contributed by atoms with Gasteiger partial charge < -0.3 is 10.2 Å². The molecule has 6 heteroatoms. The second-order valence-electron chi connectivity index (χ2n) is 4.63. The van der Waals surface area contributed by atoms with E-state index in [1.165, 1.54) is 0 Å². The second kappa shape index (κ2) is 7.04. The molecule has 0 radical (unpaired) electrons. The lowest BCUT2D eigenvalue weighted by Crippen LogP contribution is -2.14. The first-order chi connectivity index (χ1) is 10.1. The molecule has 110 valence electrons. The smallest absolute Gasteiger partial charge is 0.148 e. The van der Waals surface area contributed by atoms with E-state index in [1.807, 2.05) is 31.0 Å². The standard InChI is InChI=1S/C15H18ClN5/c1-4-21(3)10-19-13-7-12(16)8-14(11(13)2)20-15-9-17-5-6-18-15/h5-10H,4H2,1-3H3,(H,18,20). The van der Waals surface area contributed by atoms with Gasteiger partial charge in [-0.1, -0.05) is 11.6 Å². The fourth-order valence-electron chi connectivity index (χ4n) is 1.67. The zero-order chi connectivity index (χ0) is 15.2. The summed E-state index contributed by atoms with van der Waals surface area (Å²) >= 11 is 6.17. The van der Waals surface area contributed by atoms with E-state index in [0.717, 1.165) is 23.5 Å². The lowest BCUT2D eigenvalue weighted by atomic mass is 10.1. The maximum atomic E-state index is 6.17. The van der Waals surface area contributed by atoms with Crippen LogP contribution < -0.4 is 5.32 Å². The molecule has 1 aromatic carbocycles. The van der Waals surface area contributed by atoms with Crippen molar-refractivity contribution < 1.29 is 0 Å². The van der Waals surface area contributed by atoms with Crippen molar-refractivity contribution in [3.05, 3.63) is 41.3 Å². The molecule has 0 unspecified atom stereocenters. The Hall–Kier alpha value is -2.14. The molecule has 5 nitrogen and oxygen atoms in total. The Morgan fingerprint density at radius 3 is 2.86 bits per heavy atom. The van der Waals surface area contributed by atoms with Crippen LogP contribution in [0.2, 0.25) is 5.02 Å². The molecule has 0 amide bonds. The van der Waals surface area contributed by atoms with E-state index in [-0.39, 0.29) is 0 Å². The number of hydrogen-bond acceptors (Lipinski definition) is 4. The number of aliphatic imine (C=N–C) groups is 1. The third-order valence-corrected chi connectivity index (χ3v) is 3.28. The first-order valence-corrected chi connectivity index (χ1v) is 7.05. The van der Waals surface area contributed by atoms with Gasteiger partial charge in [-0.15, -0.1) is 0 Å². The Morgan fingerprint density at radius 1 is 1.38 bits per heavy atom. The predicted molar refractivity (Wildman–Crippen MR) is 88.0 cm³/mol. The lowest BCUT2D eigenvalue weighted by molar-refractivity contribution is 0.552. The van der Waals surface area contributed by atoms with Gasteiger partial charge in [-0.3, -0.25) is 4.98 Å². The molecule has 0 saturated carbocycles. The topological polar surface area (TPSA) is 53.4 Å². The van der Waals surface area contributed by atoms with E-state index in [4.69, 9.17) is 11.6 Å². The molecule has 1 heterocycles. The summed E-state index contributed by atoms with van der Waals surface area (Å²) < 4.78 is 0. The number of halogens is 1. The third kappa shape index (κ3) is 4.16. The quantitative estimate of drug-likeness (QED) is 0.674. The zero-order valence-corrected chi connectivity index (χ0v) is 13.1. The number of nitrogens with one attached hydrogen (secondary N) is 1. The maximum Gasteiger partial charge on any atom is 0.148 e. The molecule has 0 atom stereocenters. The molecule has 1 N–H and O–H groups in total. The van der Waals surface area contributed by atoms with Crippen LogP contribution in [0, 0.1) is 6.92 Å². The molecular formula is C15H18ClN5. The van der Waals surface area contributed by atoms with Gasteiger partial charge >= 0.3 is 0 Å². The number of aromatic nitrogens is 2. The Morgan fingerprint density at radius 2 is 2.19 bits per heavy atom. The first-order valence-electron chi connectivity index (χ1n) is 6.67. The first kappa shape index (κ1) is 15.3. The monoisotopic (exact) mass is 303 g/mol. The van der Waals surface area contributed by atoms with Gasteiger partial charge in [0.25, 0.3) is 0 Å². The summed E-state index contributed by atoms with van der Waals surface area (Å²) in [6, 6.07) is 3.70. The van der Waals surface area contributed by atoms with Crippen molar-refractivity contribution in [2.24, 2.45) is 4.99 Å². The summed E-state index contributed by atoms with van der Waals surface area (Å²) in [4.78, 5) is 14.7. The molecule has 0 spiro atoms. The SMILES string of the molecule is CCN(C)C=Nc1cc(Cl)cc(Nc2cnccn2)c1C. The van der Waals surface area contributed by atoms with Crippen LogP contribution in [0.4, 0.5) is 17.2 Å². The van der Waals surface area contributed by atoms with Crippen molar-refractivity contribution in [2.75, 3.05) is 18.9 Å². The van der Waals surface area contributed by atoms with Crippen molar-refractivity contribution in [1.29, 1.82) is 0 Å². The molecule has 1 aromatic heterocycles. The molecule has 0 aliphatic heterocycles. The van der Waals surface area contributed by atoms with E-state index in [1.54, 1.807) is 24.9 Å². The number of rotatable bonds is 5. The van der Waals surface area contributed by atoms with Gasteiger partial charge in [0.05, 0.1) is 18.2 Å². The number of anilines is 2. The molecule has 0 fully saturated rings. The van der Waals surface area contributed by atoms with Gasteiger partial charge in [0.2, 0.25) is 0 Å². The summed E-state index contributed by atoms with van der Waals surface area (Å²) in [5.41, 5.74) is 2.70. The van der Waals surface area contributed by atoms with Gasteiger partial charge in [0.1, 0.15) is 5.82 Å². The minimum absolute atomic E-state index is 0.623. The van der Waals surface area contributed by atoms with Gasteiger partial charge in [-0.25, -0.2) is 9.98 Å². The lowest BCUT2D eigenvalue weighted by Gasteiger charge is -2.13. The van der Waals surface area contributed by atoms with Crippen LogP contribution in [-0.4, -0.2) is 34.8 Å². The highest BCUT2D eigenvalue weighted by Gasteiger charge is 2.07. The van der Waals surface area contributed by atoms with E-state index < -0.39 is 0 Å². The minimum Gasteiger partial charge on any atom is -0.366 e. The molecule has 21 heavy (non-hydrogen) atoms. The van der Waals surface area contributed by atoms with Gasteiger partial charge in [-0.05, 0) is 31.5 Å². The highest BCUT2D eigenvalue weighted by atomic mass is 35.5. The third-order valence-electron chi connectivity index (χ3n) is 3.06. The highest BCUT2D eigenvalue weighted by molar-refractivity contribution is 6.31. The Bertz CT molecular complexity index is 627. The highest BCUT2D eigenvalue weighted by Crippen LogP contribution is 2.31. The average Bonchev–Trinajstić information content (AvgIpc) is 2.49. The summed E-state index contributed by atoms with van der Waals surface area (Å²) in [6.45, 7) is 4.96. The van der Waals surface area contributed by atoms with Crippen LogP contribution in [0.25, 0.3) is 0 Å². The van der Waals surface area contributed by atoms with E-state index in [9.17, 15) is 0 Å².